The minimum atomic E-state index is -0.575. The summed E-state index contributed by atoms with van der Waals surface area (Å²) in [6.45, 7) is 1.50. The third-order valence-electron chi connectivity index (χ3n) is 2.73. The van der Waals surface area contributed by atoms with Crippen LogP contribution < -0.4 is 0 Å². The lowest BCUT2D eigenvalue weighted by Crippen LogP contribution is -1.99. The van der Waals surface area contributed by atoms with E-state index in [4.69, 9.17) is 0 Å². The van der Waals surface area contributed by atoms with Crippen molar-refractivity contribution in [1.82, 2.24) is 9.78 Å². The average molecular weight is 262 g/mol. The predicted octanol–water partition coefficient (Wildman–Crippen LogP) is 2.21. The van der Waals surface area contributed by atoms with Crippen LogP contribution in [0.25, 0.3) is 11.3 Å². The summed E-state index contributed by atoms with van der Waals surface area (Å²) in [5.74, 6) is 0. The van der Waals surface area contributed by atoms with Crippen molar-refractivity contribution >= 4 is 11.4 Å². The highest BCUT2D eigenvalue weighted by Crippen LogP contribution is 2.37. The average Bonchev–Trinajstić information content (AvgIpc) is 2.64. The largest absolute Gasteiger partial charge is 0.318 e. The van der Waals surface area contributed by atoms with Gasteiger partial charge in [0.05, 0.1) is 15.4 Å². The summed E-state index contributed by atoms with van der Waals surface area (Å²) in [6, 6.07) is 5.88. The molecule has 0 aliphatic heterocycles. The van der Waals surface area contributed by atoms with E-state index in [1.54, 1.807) is 6.07 Å². The second kappa shape index (κ2) is 4.48. The molecule has 0 aliphatic rings. The fourth-order valence-corrected chi connectivity index (χ4v) is 2.00. The molecule has 2 aromatic rings. The van der Waals surface area contributed by atoms with Gasteiger partial charge in [-0.05, 0) is 13.0 Å². The van der Waals surface area contributed by atoms with Crippen molar-refractivity contribution in [2.24, 2.45) is 7.05 Å². The van der Waals surface area contributed by atoms with Gasteiger partial charge in [0.2, 0.25) is 0 Å². The Morgan fingerprint density at radius 3 is 2.37 bits per heavy atom. The molecule has 19 heavy (non-hydrogen) atoms. The van der Waals surface area contributed by atoms with E-state index in [0.717, 1.165) is 0 Å². The van der Waals surface area contributed by atoms with Gasteiger partial charge >= 0.3 is 5.69 Å². The second-order valence-electron chi connectivity index (χ2n) is 3.94. The summed E-state index contributed by atoms with van der Waals surface area (Å²) in [6.07, 6.45) is 0. The molecule has 0 amide bonds. The Morgan fingerprint density at radius 1 is 1.16 bits per heavy atom. The number of aryl methyl sites for hydroxylation is 2. The Morgan fingerprint density at radius 2 is 1.79 bits per heavy atom. The summed E-state index contributed by atoms with van der Waals surface area (Å²) in [5.41, 5.74) is 0.142. The number of hydrogen-bond donors (Lipinski definition) is 0. The van der Waals surface area contributed by atoms with E-state index in [0.29, 0.717) is 0 Å². The maximum Gasteiger partial charge on any atom is 0.318 e. The van der Waals surface area contributed by atoms with Crippen LogP contribution >= 0.6 is 0 Å². The lowest BCUT2D eigenvalue weighted by molar-refractivity contribution is -0.386. The van der Waals surface area contributed by atoms with E-state index in [1.807, 2.05) is 0 Å². The molecular formula is C11H10N4O4. The lowest BCUT2D eigenvalue weighted by Gasteiger charge is -2.02. The third-order valence-corrected chi connectivity index (χ3v) is 2.73. The van der Waals surface area contributed by atoms with Crippen molar-refractivity contribution in [3.63, 3.8) is 0 Å². The number of benzene rings is 1. The Labute approximate surface area is 107 Å². The fourth-order valence-electron chi connectivity index (χ4n) is 2.00. The molecule has 0 spiro atoms. The molecule has 0 aliphatic carbocycles. The topological polar surface area (TPSA) is 104 Å². The molecule has 0 fully saturated rings. The number of para-hydroxylation sites is 1. The van der Waals surface area contributed by atoms with Crippen molar-refractivity contribution in [1.29, 1.82) is 0 Å². The van der Waals surface area contributed by atoms with Crippen LogP contribution in [0.2, 0.25) is 0 Å². The van der Waals surface area contributed by atoms with Crippen molar-refractivity contribution < 1.29 is 9.85 Å². The first kappa shape index (κ1) is 12.7. The molecule has 1 heterocycles. The van der Waals surface area contributed by atoms with E-state index in [-0.39, 0.29) is 28.3 Å². The molecule has 0 radical (unpaired) electrons. The van der Waals surface area contributed by atoms with Crippen LogP contribution in [-0.4, -0.2) is 19.6 Å². The SMILES string of the molecule is Cc1nn(C)c(-c2ccccc2[N+](=O)[O-])c1[N+](=O)[O-]. The first-order valence-corrected chi connectivity index (χ1v) is 5.35. The first-order valence-electron chi connectivity index (χ1n) is 5.35. The molecule has 0 bridgehead atoms. The van der Waals surface area contributed by atoms with Crippen molar-refractivity contribution in [2.45, 2.75) is 6.92 Å². The summed E-state index contributed by atoms with van der Waals surface area (Å²) in [5, 5.41) is 26.1. The molecule has 1 aromatic carbocycles. The maximum absolute atomic E-state index is 11.1. The number of hydrogen-bond acceptors (Lipinski definition) is 5. The second-order valence-corrected chi connectivity index (χ2v) is 3.94. The van der Waals surface area contributed by atoms with E-state index < -0.39 is 9.85 Å². The van der Waals surface area contributed by atoms with E-state index in [2.05, 4.69) is 5.10 Å². The standard InChI is InChI=1S/C11H10N4O4/c1-7-10(15(18)19)11(13(2)12-7)8-5-3-4-6-9(8)14(16)17/h3-6H,1-2H3. The van der Waals surface area contributed by atoms with Crippen LogP contribution in [0.3, 0.4) is 0 Å². The van der Waals surface area contributed by atoms with E-state index in [9.17, 15) is 20.2 Å². The molecule has 0 saturated carbocycles. The summed E-state index contributed by atoms with van der Waals surface area (Å²) < 4.78 is 1.29. The molecule has 98 valence electrons. The van der Waals surface area contributed by atoms with Gasteiger partial charge in [-0.25, -0.2) is 0 Å². The van der Waals surface area contributed by atoms with Gasteiger partial charge in [0.15, 0.2) is 5.69 Å². The third kappa shape index (κ3) is 2.03. The Bertz CT molecular complexity index is 677. The molecule has 2 rings (SSSR count). The maximum atomic E-state index is 11.1. The molecule has 0 N–H and O–H groups in total. The van der Waals surface area contributed by atoms with Gasteiger partial charge in [-0.1, -0.05) is 12.1 Å². The molecule has 0 atom stereocenters. The summed E-state index contributed by atoms with van der Waals surface area (Å²) in [7, 11) is 1.52. The zero-order chi connectivity index (χ0) is 14.2. The van der Waals surface area contributed by atoms with Gasteiger partial charge in [-0.2, -0.15) is 5.10 Å². The minimum absolute atomic E-state index is 0.134. The van der Waals surface area contributed by atoms with Crippen LogP contribution in [0, 0.1) is 27.2 Å². The van der Waals surface area contributed by atoms with Crippen LogP contribution in [0.4, 0.5) is 11.4 Å². The van der Waals surface area contributed by atoms with Gasteiger partial charge in [0.1, 0.15) is 5.69 Å². The molecule has 1 aromatic heterocycles. The smallest absolute Gasteiger partial charge is 0.260 e. The van der Waals surface area contributed by atoms with Crippen LogP contribution in [0.5, 0.6) is 0 Å². The van der Waals surface area contributed by atoms with Gasteiger partial charge in [-0.3, -0.25) is 24.9 Å². The number of rotatable bonds is 3. The highest BCUT2D eigenvalue weighted by atomic mass is 16.6. The fraction of sp³-hybridized carbons (Fsp3) is 0.182. The molecule has 0 unspecified atom stereocenters. The van der Waals surface area contributed by atoms with Gasteiger partial charge < -0.3 is 0 Å². The monoisotopic (exact) mass is 262 g/mol. The zero-order valence-electron chi connectivity index (χ0n) is 10.2. The van der Waals surface area contributed by atoms with Crippen molar-refractivity contribution in [2.75, 3.05) is 0 Å². The quantitative estimate of drug-likeness (QED) is 0.623. The number of nitro benzene ring substituents is 1. The van der Waals surface area contributed by atoms with Crippen molar-refractivity contribution in [3.05, 3.63) is 50.2 Å². The Kier molecular flexibility index (Phi) is 2.99. The first-order chi connectivity index (χ1) is 8.93. The molecule has 8 heteroatoms. The molecule has 8 nitrogen and oxygen atoms in total. The highest BCUT2D eigenvalue weighted by molar-refractivity contribution is 5.78. The Balaban J connectivity index is 2.80. The predicted molar refractivity (Wildman–Crippen MR) is 66.7 cm³/mol. The number of nitro groups is 2. The van der Waals surface area contributed by atoms with Gasteiger partial charge in [0, 0.05) is 13.1 Å². The van der Waals surface area contributed by atoms with Gasteiger partial charge in [0.25, 0.3) is 5.69 Å². The van der Waals surface area contributed by atoms with Gasteiger partial charge in [-0.15, -0.1) is 0 Å². The van der Waals surface area contributed by atoms with Crippen LogP contribution in [0.15, 0.2) is 24.3 Å². The minimum Gasteiger partial charge on any atom is -0.260 e. The van der Waals surface area contributed by atoms with Crippen LogP contribution in [-0.2, 0) is 7.05 Å². The Hall–Kier alpha value is -2.77. The highest BCUT2D eigenvalue weighted by Gasteiger charge is 2.29. The molecule has 0 saturated heterocycles. The molecular weight excluding hydrogens is 252 g/mol. The summed E-state index contributed by atoms with van der Waals surface area (Å²) >= 11 is 0. The van der Waals surface area contributed by atoms with E-state index >= 15 is 0 Å². The normalized spacial score (nSPS) is 10.4. The van der Waals surface area contributed by atoms with E-state index in [1.165, 1.54) is 36.9 Å². The number of nitrogens with zero attached hydrogens (tertiary/aromatic N) is 4. The van der Waals surface area contributed by atoms with Crippen molar-refractivity contribution in [3.8, 4) is 11.3 Å². The van der Waals surface area contributed by atoms with Crippen LogP contribution in [0.1, 0.15) is 5.69 Å². The summed E-state index contributed by atoms with van der Waals surface area (Å²) in [4.78, 5) is 21.0. The lowest BCUT2D eigenvalue weighted by atomic mass is 10.1. The zero-order valence-corrected chi connectivity index (χ0v) is 10.2. The number of aromatic nitrogens is 2.